The van der Waals surface area contributed by atoms with Crippen molar-refractivity contribution in [2.45, 2.75) is 43.7 Å². The molecule has 2 aliphatic rings. The number of aryl methyl sites for hydroxylation is 1. The molecule has 38 heavy (non-hydrogen) atoms. The van der Waals surface area contributed by atoms with Crippen LogP contribution in [0, 0.1) is 5.82 Å². The summed E-state index contributed by atoms with van der Waals surface area (Å²) in [6.45, 7) is 0. The highest BCUT2D eigenvalue weighted by Crippen LogP contribution is 2.42. The van der Waals surface area contributed by atoms with Crippen molar-refractivity contribution in [2.24, 2.45) is 7.05 Å². The van der Waals surface area contributed by atoms with Gasteiger partial charge in [0.25, 0.3) is 5.56 Å². The van der Waals surface area contributed by atoms with Crippen LogP contribution in [-0.4, -0.2) is 39.9 Å². The van der Waals surface area contributed by atoms with Gasteiger partial charge >= 0.3 is 0 Å². The highest BCUT2D eigenvalue weighted by Gasteiger charge is 2.32. The molecular weight excluding hydrogens is 513 g/mol. The number of nitrogens with zero attached hydrogens (tertiary/aromatic N) is 6. The fourth-order valence-electron chi connectivity index (χ4n) is 4.96. The summed E-state index contributed by atoms with van der Waals surface area (Å²) in [5.74, 6) is 1.12. The van der Waals surface area contributed by atoms with Gasteiger partial charge in [0.05, 0.1) is 24.7 Å². The fourth-order valence-corrected chi connectivity index (χ4v) is 5.26. The molecule has 0 aliphatic heterocycles. The number of pyridine rings is 3. The number of nitrogens with one attached hydrogen (secondary N) is 1. The van der Waals surface area contributed by atoms with Crippen LogP contribution in [0.15, 0.2) is 47.8 Å². The summed E-state index contributed by atoms with van der Waals surface area (Å²) in [6, 6.07) is 4.77. The molecule has 5 aromatic heterocycles. The first-order valence-electron chi connectivity index (χ1n) is 12.4. The van der Waals surface area contributed by atoms with Gasteiger partial charge in [-0.05, 0) is 55.4 Å². The summed E-state index contributed by atoms with van der Waals surface area (Å²) in [4.78, 5) is 22.3. The predicted molar refractivity (Wildman–Crippen MR) is 139 cm³/mol. The number of ether oxygens (including phenoxy) is 1. The number of aliphatic hydroxyl groups is 1. The van der Waals surface area contributed by atoms with Gasteiger partial charge < -0.3 is 24.3 Å². The summed E-state index contributed by atoms with van der Waals surface area (Å²) >= 11 is 6.74. The van der Waals surface area contributed by atoms with Crippen LogP contribution in [0.3, 0.4) is 0 Å². The van der Waals surface area contributed by atoms with Crippen molar-refractivity contribution in [3.8, 4) is 11.5 Å². The molecule has 194 valence electrons. The zero-order valence-corrected chi connectivity index (χ0v) is 21.1. The van der Waals surface area contributed by atoms with Crippen molar-refractivity contribution in [1.82, 2.24) is 28.7 Å². The maximum atomic E-state index is 13.5. The Bertz CT molecular complexity index is 1790. The molecule has 5 aromatic rings. The van der Waals surface area contributed by atoms with Crippen molar-refractivity contribution in [1.29, 1.82) is 0 Å². The molecule has 7 rings (SSSR count). The molecule has 0 atom stereocenters. The number of fused-ring (bicyclic) bond motifs is 2. The molecule has 12 heteroatoms. The Morgan fingerprint density at radius 2 is 2.00 bits per heavy atom. The van der Waals surface area contributed by atoms with Gasteiger partial charge in [-0.2, -0.15) is 10.1 Å². The van der Waals surface area contributed by atoms with E-state index >= 15 is 0 Å². The second-order valence-corrected chi connectivity index (χ2v) is 10.3. The minimum Gasteiger partial charge on any atom is -0.450 e. The lowest BCUT2D eigenvalue weighted by Gasteiger charge is -2.33. The minimum atomic E-state index is -0.414. The number of aromatic nitrogens is 6. The maximum Gasteiger partial charge on any atom is 0.274 e. The zero-order chi connectivity index (χ0) is 26.1. The average Bonchev–Trinajstić information content (AvgIpc) is 3.58. The van der Waals surface area contributed by atoms with E-state index in [-0.39, 0.29) is 28.5 Å². The van der Waals surface area contributed by atoms with E-state index in [4.69, 9.17) is 16.3 Å². The van der Waals surface area contributed by atoms with Crippen LogP contribution in [0.5, 0.6) is 11.5 Å². The van der Waals surface area contributed by atoms with Gasteiger partial charge in [0.1, 0.15) is 27.6 Å². The number of rotatable bonds is 6. The van der Waals surface area contributed by atoms with Crippen molar-refractivity contribution < 1.29 is 14.2 Å². The third kappa shape index (κ3) is 3.81. The molecule has 0 spiro atoms. The van der Waals surface area contributed by atoms with Gasteiger partial charge in [0.2, 0.25) is 5.95 Å². The zero-order valence-electron chi connectivity index (χ0n) is 20.3. The number of halogens is 2. The molecule has 2 fully saturated rings. The van der Waals surface area contributed by atoms with E-state index < -0.39 is 5.82 Å². The van der Waals surface area contributed by atoms with E-state index in [1.807, 2.05) is 12.3 Å². The summed E-state index contributed by atoms with van der Waals surface area (Å²) in [5, 5.41) is 17.4. The topological polar surface area (TPSA) is 112 Å². The van der Waals surface area contributed by atoms with Crippen LogP contribution in [0.1, 0.15) is 43.2 Å². The van der Waals surface area contributed by atoms with Crippen molar-refractivity contribution in [3.63, 3.8) is 0 Å². The van der Waals surface area contributed by atoms with Crippen molar-refractivity contribution in [2.75, 3.05) is 5.32 Å². The molecule has 0 radical (unpaired) electrons. The van der Waals surface area contributed by atoms with Crippen LogP contribution in [0.4, 0.5) is 16.0 Å². The molecule has 0 aromatic carbocycles. The van der Waals surface area contributed by atoms with Crippen LogP contribution >= 0.6 is 11.6 Å². The number of hydrogen-bond acceptors (Lipinski definition) is 7. The van der Waals surface area contributed by atoms with Gasteiger partial charge in [-0.1, -0.05) is 11.6 Å². The average molecular weight is 536 g/mol. The van der Waals surface area contributed by atoms with Crippen LogP contribution < -0.4 is 15.6 Å². The molecule has 0 unspecified atom stereocenters. The van der Waals surface area contributed by atoms with Crippen LogP contribution in [0.2, 0.25) is 5.02 Å². The van der Waals surface area contributed by atoms with Gasteiger partial charge in [0, 0.05) is 19.3 Å². The Hall–Kier alpha value is -3.96. The van der Waals surface area contributed by atoms with E-state index in [1.165, 1.54) is 29.2 Å². The highest BCUT2D eigenvalue weighted by atomic mass is 35.5. The number of aliphatic hydroxyl groups excluding tert-OH is 1. The Morgan fingerprint density at radius 1 is 1.18 bits per heavy atom. The first kappa shape index (κ1) is 23.2. The van der Waals surface area contributed by atoms with Crippen LogP contribution in [-0.2, 0) is 7.05 Å². The highest BCUT2D eigenvalue weighted by molar-refractivity contribution is 6.36. The summed E-state index contributed by atoms with van der Waals surface area (Å²) in [7, 11) is 1.78. The third-order valence-corrected chi connectivity index (χ3v) is 7.68. The normalized spacial score (nSPS) is 19.2. The Morgan fingerprint density at radius 3 is 2.76 bits per heavy atom. The lowest BCUT2D eigenvalue weighted by atomic mass is 9.89. The summed E-state index contributed by atoms with van der Waals surface area (Å²) in [5.41, 5.74) is 2.84. The monoisotopic (exact) mass is 535 g/mol. The molecule has 2 saturated carbocycles. The van der Waals surface area contributed by atoms with Crippen LogP contribution in [0.25, 0.3) is 16.7 Å². The van der Waals surface area contributed by atoms with E-state index in [0.717, 1.165) is 18.4 Å². The van der Waals surface area contributed by atoms with E-state index in [9.17, 15) is 14.3 Å². The molecule has 0 saturated heterocycles. The van der Waals surface area contributed by atoms with Gasteiger partial charge in [-0.15, -0.1) is 0 Å². The minimum absolute atomic E-state index is 0.00979. The standard InChI is InChI=1S/C26H23ClFN7O3/c1-33-23-22(27)21(38-20-10-30-35-12-15(28)4-5-19(20)35)9-29-24(23)32-26(33)31-18-6-14(13-2-3-13)11-34(25(18)37)16-7-17(36)8-16/h4-6,9-13,16-17,36H,2-3,7-8H2,1H3,(H,29,31,32)/t16-,17-. The lowest BCUT2D eigenvalue weighted by Crippen LogP contribution is -2.37. The molecular formula is C26H23ClFN7O3. The molecule has 0 amide bonds. The Balaban J connectivity index is 1.24. The lowest BCUT2D eigenvalue weighted by molar-refractivity contribution is 0.0471. The summed E-state index contributed by atoms with van der Waals surface area (Å²) < 4.78 is 24.4. The first-order valence-corrected chi connectivity index (χ1v) is 12.8. The molecule has 5 heterocycles. The third-order valence-electron chi connectivity index (χ3n) is 7.31. The largest absolute Gasteiger partial charge is 0.450 e. The quantitative estimate of drug-likeness (QED) is 0.325. The van der Waals surface area contributed by atoms with Gasteiger partial charge in [0.15, 0.2) is 17.1 Å². The van der Waals surface area contributed by atoms with Crippen molar-refractivity contribution in [3.05, 3.63) is 69.7 Å². The SMILES string of the molecule is Cn1c(Nc2cc(C3CC3)cn([C@H]3C[C@H](O)C3)c2=O)nc2ncc(Oc3cnn4cc(F)ccc34)c(Cl)c21. The number of anilines is 2. The van der Waals surface area contributed by atoms with Crippen molar-refractivity contribution >= 4 is 39.9 Å². The molecule has 2 aliphatic carbocycles. The Kier molecular flexibility index (Phi) is 5.21. The summed E-state index contributed by atoms with van der Waals surface area (Å²) in [6.07, 6.45) is 9.12. The van der Waals surface area contributed by atoms with Gasteiger partial charge in [-0.25, -0.2) is 13.9 Å². The second-order valence-electron chi connectivity index (χ2n) is 9.97. The Labute approximate surface area is 220 Å². The molecule has 0 bridgehead atoms. The van der Waals surface area contributed by atoms with E-state index in [0.29, 0.717) is 52.8 Å². The van der Waals surface area contributed by atoms with Gasteiger partial charge in [-0.3, -0.25) is 4.79 Å². The van der Waals surface area contributed by atoms with E-state index in [1.54, 1.807) is 22.2 Å². The predicted octanol–water partition coefficient (Wildman–Crippen LogP) is 4.68. The molecule has 2 N–H and O–H groups in total. The number of imidazole rings is 1. The first-order chi connectivity index (χ1) is 18.4. The van der Waals surface area contributed by atoms with E-state index in [2.05, 4.69) is 20.4 Å². The maximum absolute atomic E-state index is 13.5. The fraction of sp³-hybridized carbons (Fsp3) is 0.308. The number of hydrogen-bond donors (Lipinski definition) is 2. The second kappa shape index (κ2) is 8.53. The molecule has 10 nitrogen and oxygen atoms in total. The smallest absolute Gasteiger partial charge is 0.274 e.